The number of ether oxygens (including phenoxy) is 2. The molecule has 2 aliphatic rings. The second-order valence-electron chi connectivity index (χ2n) is 7.11. The average Bonchev–Trinajstić information content (AvgIpc) is 3.06. The maximum absolute atomic E-state index is 6.07. The van der Waals surface area contributed by atoms with Crippen molar-refractivity contribution in [3.63, 3.8) is 0 Å². The minimum absolute atomic E-state index is 0.108. The lowest BCUT2D eigenvalue weighted by molar-refractivity contribution is 0.140. The molecule has 0 N–H and O–H groups in total. The van der Waals surface area contributed by atoms with Crippen molar-refractivity contribution in [3.05, 3.63) is 59.4 Å². The highest BCUT2D eigenvalue weighted by Gasteiger charge is 2.28. The number of oxazole rings is 1. The van der Waals surface area contributed by atoms with Crippen LogP contribution >= 0.6 is 0 Å². The van der Waals surface area contributed by atoms with E-state index in [1.807, 2.05) is 24.3 Å². The summed E-state index contributed by atoms with van der Waals surface area (Å²) in [5, 5.41) is 4.08. The third-order valence-electron chi connectivity index (χ3n) is 4.84. The number of rotatable bonds is 7. The third-order valence-corrected chi connectivity index (χ3v) is 4.84. The SMILES string of the molecule is c1ccc(OC2CCOC2)c(Cc2nc(Cc3cnc(C4CC4)o3)no2)c1. The van der Waals surface area contributed by atoms with Crippen molar-refractivity contribution >= 4 is 0 Å². The molecule has 1 aromatic carbocycles. The van der Waals surface area contributed by atoms with E-state index in [9.17, 15) is 0 Å². The predicted octanol–water partition coefficient (Wildman–Crippen LogP) is 3.28. The van der Waals surface area contributed by atoms with E-state index >= 15 is 0 Å². The van der Waals surface area contributed by atoms with Gasteiger partial charge in [-0.1, -0.05) is 23.4 Å². The molecule has 0 radical (unpaired) electrons. The van der Waals surface area contributed by atoms with Crippen LogP contribution in [0.4, 0.5) is 0 Å². The van der Waals surface area contributed by atoms with Gasteiger partial charge in [-0.2, -0.15) is 4.98 Å². The van der Waals surface area contributed by atoms with Crippen LogP contribution in [0.2, 0.25) is 0 Å². The van der Waals surface area contributed by atoms with Crippen molar-refractivity contribution in [1.29, 1.82) is 0 Å². The number of hydrogen-bond acceptors (Lipinski definition) is 7. The van der Waals surface area contributed by atoms with Crippen molar-refractivity contribution < 1.29 is 18.4 Å². The second-order valence-corrected chi connectivity index (χ2v) is 7.11. The van der Waals surface area contributed by atoms with E-state index in [1.165, 1.54) is 12.8 Å². The molecule has 7 nitrogen and oxygen atoms in total. The second kappa shape index (κ2) is 7.15. The minimum atomic E-state index is 0.108. The molecule has 1 saturated carbocycles. The Hall–Kier alpha value is -2.67. The summed E-state index contributed by atoms with van der Waals surface area (Å²) >= 11 is 0. The molecule has 1 aliphatic heterocycles. The Morgan fingerprint density at radius 1 is 1.11 bits per heavy atom. The molecule has 2 fully saturated rings. The van der Waals surface area contributed by atoms with Crippen molar-refractivity contribution in [3.8, 4) is 5.75 Å². The van der Waals surface area contributed by atoms with Crippen LogP contribution < -0.4 is 4.74 Å². The highest BCUT2D eigenvalue weighted by atomic mass is 16.5. The summed E-state index contributed by atoms with van der Waals surface area (Å²) in [6, 6.07) is 7.94. The molecule has 0 amide bonds. The fraction of sp³-hybridized carbons (Fsp3) is 0.450. The molecular weight excluding hydrogens is 346 g/mol. The van der Waals surface area contributed by atoms with E-state index in [-0.39, 0.29) is 6.10 Å². The van der Waals surface area contributed by atoms with Crippen molar-refractivity contribution in [2.24, 2.45) is 0 Å². The maximum Gasteiger partial charge on any atom is 0.231 e. The van der Waals surface area contributed by atoms with Gasteiger partial charge in [0.1, 0.15) is 17.6 Å². The van der Waals surface area contributed by atoms with Crippen LogP contribution in [-0.2, 0) is 17.6 Å². The van der Waals surface area contributed by atoms with E-state index < -0.39 is 0 Å². The number of para-hydroxylation sites is 1. The fourth-order valence-electron chi connectivity index (χ4n) is 3.23. The number of hydrogen-bond donors (Lipinski definition) is 0. The van der Waals surface area contributed by atoms with Gasteiger partial charge in [0, 0.05) is 17.9 Å². The van der Waals surface area contributed by atoms with Crippen LogP contribution in [0, 0.1) is 0 Å². The van der Waals surface area contributed by atoms with Gasteiger partial charge in [-0.05, 0) is 18.9 Å². The Morgan fingerprint density at radius 3 is 2.89 bits per heavy atom. The van der Waals surface area contributed by atoms with Gasteiger partial charge >= 0.3 is 0 Å². The topological polar surface area (TPSA) is 83.4 Å². The number of nitrogens with zero attached hydrogens (tertiary/aromatic N) is 3. The van der Waals surface area contributed by atoms with Crippen LogP contribution in [-0.4, -0.2) is 34.4 Å². The third kappa shape index (κ3) is 3.88. The molecule has 1 unspecified atom stereocenters. The highest BCUT2D eigenvalue weighted by molar-refractivity contribution is 5.35. The summed E-state index contributed by atoms with van der Waals surface area (Å²) in [5.74, 6) is 4.11. The molecule has 140 valence electrons. The molecule has 5 rings (SSSR count). The first-order valence-electron chi connectivity index (χ1n) is 9.42. The highest BCUT2D eigenvalue weighted by Crippen LogP contribution is 2.39. The van der Waals surface area contributed by atoms with E-state index in [4.69, 9.17) is 18.4 Å². The van der Waals surface area contributed by atoms with Crippen LogP contribution in [0.1, 0.15) is 54.1 Å². The maximum atomic E-state index is 6.07. The fourth-order valence-corrected chi connectivity index (χ4v) is 3.23. The Kier molecular flexibility index (Phi) is 4.37. The van der Waals surface area contributed by atoms with Crippen molar-refractivity contribution in [2.75, 3.05) is 13.2 Å². The lowest BCUT2D eigenvalue weighted by Crippen LogP contribution is -2.16. The molecule has 1 aliphatic carbocycles. The zero-order chi connectivity index (χ0) is 18.1. The summed E-state index contributed by atoms with van der Waals surface area (Å²) in [7, 11) is 0. The zero-order valence-electron chi connectivity index (χ0n) is 15.0. The molecule has 27 heavy (non-hydrogen) atoms. The Bertz CT molecular complexity index is 909. The summed E-state index contributed by atoms with van der Waals surface area (Å²) in [6.07, 6.45) is 6.13. The molecular formula is C20H21N3O4. The van der Waals surface area contributed by atoms with Gasteiger partial charge in [0.25, 0.3) is 0 Å². The van der Waals surface area contributed by atoms with Gasteiger partial charge in [-0.25, -0.2) is 4.98 Å². The molecule has 1 saturated heterocycles. The van der Waals surface area contributed by atoms with Crippen LogP contribution in [0.5, 0.6) is 5.75 Å². The van der Waals surface area contributed by atoms with E-state index in [1.54, 1.807) is 6.20 Å². The summed E-state index contributed by atoms with van der Waals surface area (Å²) < 4.78 is 22.7. The molecule has 3 aromatic rings. The van der Waals surface area contributed by atoms with Gasteiger partial charge in [-0.15, -0.1) is 0 Å². The van der Waals surface area contributed by atoms with Gasteiger partial charge in [-0.3, -0.25) is 0 Å². The van der Waals surface area contributed by atoms with E-state index in [0.717, 1.165) is 36.0 Å². The van der Waals surface area contributed by atoms with Gasteiger partial charge < -0.3 is 18.4 Å². The smallest absolute Gasteiger partial charge is 0.231 e. The standard InChI is InChI=1S/C20H21N3O4/c1-2-4-17(25-15-7-8-24-12-15)14(3-1)9-19-22-18(23-27-19)10-16-11-21-20(26-16)13-5-6-13/h1-4,11,13,15H,5-10,12H2. The Morgan fingerprint density at radius 2 is 2.04 bits per heavy atom. The zero-order valence-corrected chi connectivity index (χ0v) is 15.0. The molecule has 1 atom stereocenters. The van der Waals surface area contributed by atoms with Crippen LogP contribution in [0.15, 0.2) is 39.4 Å². The van der Waals surface area contributed by atoms with Gasteiger partial charge in [0.05, 0.1) is 32.3 Å². The summed E-state index contributed by atoms with van der Waals surface area (Å²) in [5.41, 5.74) is 1.02. The lowest BCUT2D eigenvalue weighted by Gasteiger charge is -2.14. The van der Waals surface area contributed by atoms with Gasteiger partial charge in [0.15, 0.2) is 11.7 Å². The van der Waals surface area contributed by atoms with Crippen LogP contribution in [0.25, 0.3) is 0 Å². The van der Waals surface area contributed by atoms with Crippen molar-refractivity contribution in [1.82, 2.24) is 15.1 Å². The minimum Gasteiger partial charge on any atom is -0.488 e. The van der Waals surface area contributed by atoms with Crippen molar-refractivity contribution in [2.45, 2.75) is 44.1 Å². The normalized spacial score (nSPS) is 19.5. The lowest BCUT2D eigenvalue weighted by atomic mass is 10.1. The summed E-state index contributed by atoms with van der Waals surface area (Å²) in [4.78, 5) is 8.83. The summed E-state index contributed by atoms with van der Waals surface area (Å²) in [6.45, 7) is 1.39. The predicted molar refractivity (Wildman–Crippen MR) is 94.7 cm³/mol. The first-order valence-corrected chi connectivity index (χ1v) is 9.42. The monoisotopic (exact) mass is 367 g/mol. The molecule has 0 spiro atoms. The molecule has 2 aromatic heterocycles. The first-order chi connectivity index (χ1) is 13.3. The Labute approximate surface area is 156 Å². The van der Waals surface area contributed by atoms with E-state index in [2.05, 4.69) is 15.1 Å². The molecule has 0 bridgehead atoms. The van der Waals surface area contributed by atoms with Crippen LogP contribution in [0.3, 0.4) is 0 Å². The number of benzene rings is 1. The quantitative estimate of drug-likeness (QED) is 0.633. The number of aromatic nitrogens is 3. The largest absolute Gasteiger partial charge is 0.488 e. The van der Waals surface area contributed by atoms with Gasteiger partial charge in [0.2, 0.25) is 5.89 Å². The first kappa shape index (κ1) is 16.5. The van der Waals surface area contributed by atoms with E-state index in [0.29, 0.717) is 37.1 Å². The molecule has 3 heterocycles. The average molecular weight is 367 g/mol. The molecule has 7 heteroatoms. The Balaban J connectivity index is 1.26.